The molecule has 0 aromatic heterocycles. The minimum atomic E-state index is -0.0463. The summed E-state index contributed by atoms with van der Waals surface area (Å²) in [6, 6.07) is 49.0. The van der Waals surface area contributed by atoms with E-state index in [4.69, 9.17) is 5.32 Å². The van der Waals surface area contributed by atoms with Gasteiger partial charge < -0.3 is 5.32 Å². The molecule has 2 heterocycles. The molecule has 5 aromatic carbocycles. The van der Waals surface area contributed by atoms with Crippen LogP contribution in [0.5, 0.6) is 0 Å². The van der Waals surface area contributed by atoms with Crippen molar-refractivity contribution in [3.05, 3.63) is 184 Å². The lowest BCUT2D eigenvalue weighted by atomic mass is 9.77. The van der Waals surface area contributed by atoms with Gasteiger partial charge in [-0.05, 0) is 56.2 Å². The highest BCUT2D eigenvalue weighted by molar-refractivity contribution is 5.91. The maximum absolute atomic E-state index is 5.42. The zero-order valence-corrected chi connectivity index (χ0v) is 25.1. The highest BCUT2D eigenvalue weighted by Gasteiger charge is 2.54. The number of benzene rings is 5. The Morgan fingerprint density at radius 2 is 1.27 bits per heavy atom. The first-order chi connectivity index (χ1) is 21.6. The molecular formula is C41H35N3. The van der Waals surface area contributed by atoms with Gasteiger partial charge in [-0.15, -0.1) is 0 Å². The van der Waals surface area contributed by atoms with Crippen LogP contribution < -0.4 is 10.0 Å². The summed E-state index contributed by atoms with van der Waals surface area (Å²) in [6.07, 6.45) is 4.94. The molecule has 0 amide bonds. The predicted octanol–water partition coefficient (Wildman–Crippen LogP) is 8.53. The molecule has 4 atom stereocenters. The largest absolute Gasteiger partial charge is 0.545 e. The van der Waals surface area contributed by atoms with Crippen LogP contribution in [0.25, 0.3) is 22.0 Å². The average Bonchev–Trinajstić information content (AvgIpc) is 3.50. The van der Waals surface area contributed by atoms with Crippen molar-refractivity contribution in [3.63, 3.8) is 0 Å². The first-order valence-corrected chi connectivity index (χ1v) is 15.8. The van der Waals surface area contributed by atoms with Gasteiger partial charge in [-0.25, -0.2) is 5.01 Å². The van der Waals surface area contributed by atoms with E-state index in [1.165, 1.54) is 60.8 Å². The van der Waals surface area contributed by atoms with Crippen molar-refractivity contribution in [2.45, 2.75) is 43.6 Å². The normalized spacial score (nSPS) is 25.6. The Kier molecular flexibility index (Phi) is 5.65. The molecule has 9 rings (SSSR count). The number of rotatable bonds is 4. The van der Waals surface area contributed by atoms with Gasteiger partial charge in [0.25, 0.3) is 0 Å². The van der Waals surface area contributed by atoms with Crippen LogP contribution in [0.4, 0.5) is 5.69 Å². The summed E-state index contributed by atoms with van der Waals surface area (Å²) in [7, 11) is 0. The fourth-order valence-corrected chi connectivity index (χ4v) is 8.27. The molecule has 3 nitrogen and oxygen atoms in total. The summed E-state index contributed by atoms with van der Waals surface area (Å²) in [4.78, 5) is 0. The van der Waals surface area contributed by atoms with Crippen LogP contribution in [-0.4, -0.2) is 6.04 Å². The van der Waals surface area contributed by atoms with Crippen LogP contribution in [0.1, 0.15) is 59.9 Å². The van der Waals surface area contributed by atoms with E-state index in [0.29, 0.717) is 0 Å². The molecule has 214 valence electrons. The van der Waals surface area contributed by atoms with E-state index in [1.54, 1.807) is 0 Å². The standard InChI is InChI=1S/C41H34N3/c1-41(2)34-21-13-12-20-33(34)37-35(41)25-24-32-31-23-22-30(27-14-6-3-7-15-27)26-36(31)43(38(32)37)44-39(28-16-8-4-9-17-28)42-40(44)29-18-10-5-11-19-29/h3-26,32,38-40H,1-2H3/q-1/p+1. The summed E-state index contributed by atoms with van der Waals surface area (Å²) in [5.41, 5.74) is 13.4. The lowest BCUT2D eigenvalue weighted by Gasteiger charge is -2.62. The molecule has 0 saturated carbocycles. The van der Waals surface area contributed by atoms with Crippen molar-refractivity contribution >= 4 is 11.3 Å². The van der Waals surface area contributed by atoms with Gasteiger partial charge >= 0.3 is 0 Å². The van der Waals surface area contributed by atoms with E-state index in [9.17, 15) is 0 Å². The van der Waals surface area contributed by atoms with Crippen molar-refractivity contribution < 1.29 is 5.01 Å². The molecule has 0 bridgehead atoms. The number of allylic oxidation sites excluding steroid dienone is 2. The number of fused-ring (bicyclic) bond motifs is 6. The van der Waals surface area contributed by atoms with Crippen molar-refractivity contribution in [3.8, 4) is 11.1 Å². The van der Waals surface area contributed by atoms with Crippen LogP contribution in [0.2, 0.25) is 0 Å². The maximum atomic E-state index is 5.42. The molecule has 1 saturated heterocycles. The smallest absolute Gasteiger partial charge is 0.115 e. The molecule has 1 N–H and O–H groups in total. The monoisotopic (exact) mass is 569 g/mol. The van der Waals surface area contributed by atoms with Crippen molar-refractivity contribution in [2.75, 3.05) is 5.01 Å². The van der Waals surface area contributed by atoms with E-state index in [0.717, 1.165) is 0 Å². The highest BCUT2D eigenvalue weighted by atomic mass is 15.8. The van der Waals surface area contributed by atoms with E-state index in [-0.39, 0.29) is 29.7 Å². The molecule has 5 aromatic rings. The molecular weight excluding hydrogens is 534 g/mol. The highest BCUT2D eigenvalue weighted by Crippen LogP contribution is 2.57. The van der Waals surface area contributed by atoms with Gasteiger partial charge in [-0.1, -0.05) is 153 Å². The summed E-state index contributed by atoms with van der Waals surface area (Å²) >= 11 is 0. The number of quaternary nitrogens is 1. The fraction of sp³-hybridized carbons (Fsp3) is 0.171. The zero-order valence-electron chi connectivity index (χ0n) is 25.1. The second-order valence-corrected chi connectivity index (χ2v) is 13.0. The van der Waals surface area contributed by atoms with Crippen LogP contribution >= 0.6 is 0 Å². The second kappa shape index (κ2) is 9.65. The Hall–Kier alpha value is -4.70. The van der Waals surface area contributed by atoms with Gasteiger partial charge in [0, 0.05) is 11.3 Å². The summed E-state index contributed by atoms with van der Waals surface area (Å²) in [5, 5.41) is 9.53. The minimum absolute atomic E-state index is 0.00741. The van der Waals surface area contributed by atoms with Crippen molar-refractivity contribution in [1.82, 2.24) is 0 Å². The SMILES string of the molecule is CC1(C)C2=C(c3ccccc31)C1C(C=C2)c2ccc(-c3ccccc3)cc2N1[NH+]1C(c2ccccc2)[N-]C1c1ccccc1. The van der Waals surface area contributed by atoms with Gasteiger partial charge in [-0.3, -0.25) is 5.01 Å². The minimum Gasteiger partial charge on any atom is -0.545 e. The molecule has 1 fully saturated rings. The lowest BCUT2D eigenvalue weighted by molar-refractivity contribution is -0.996. The molecule has 0 spiro atoms. The molecule has 4 aliphatic rings. The van der Waals surface area contributed by atoms with Crippen LogP contribution in [0, 0.1) is 0 Å². The van der Waals surface area contributed by atoms with Crippen molar-refractivity contribution in [2.24, 2.45) is 0 Å². The second-order valence-electron chi connectivity index (χ2n) is 13.0. The molecule has 2 aliphatic heterocycles. The Morgan fingerprint density at radius 1 is 0.659 bits per heavy atom. The molecule has 3 heteroatoms. The Bertz CT molecular complexity index is 1900. The molecule has 0 radical (unpaired) electrons. The maximum Gasteiger partial charge on any atom is 0.115 e. The fourth-order valence-electron chi connectivity index (χ4n) is 8.27. The van der Waals surface area contributed by atoms with Crippen molar-refractivity contribution in [1.29, 1.82) is 0 Å². The number of nitrogens with zero attached hydrogens (tertiary/aromatic N) is 2. The summed E-state index contributed by atoms with van der Waals surface area (Å²) in [6.45, 7) is 4.79. The van der Waals surface area contributed by atoms with Gasteiger partial charge in [0.2, 0.25) is 0 Å². The van der Waals surface area contributed by atoms with E-state index < -0.39 is 0 Å². The van der Waals surface area contributed by atoms with Gasteiger partial charge in [0.05, 0.1) is 18.0 Å². The van der Waals surface area contributed by atoms with Gasteiger partial charge in [0.1, 0.15) is 6.04 Å². The van der Waals surface area contributed by atoms with Gasteiger partial charge in [0.15, 0.2) is 0 Å². The zero-order chi connectivity index (χ0) is 29.4. The summed E-state index contributed by atoms with van der Waals surface area (Å²) in [5.74, 6) is 0.261. The molecule has 4 unspecified atom stereocenters. The van der Waals surface area contributed by atoms with Crippen LogP contribution in [0.3, 0.4) is 0 Å². The average molecular weight is 570 g/mol. The summed E-state index contributed by atoms with van der Waals surface area (Å²) < 4.78 is 0. The number of anilines is 1. The molecule has 2 aliphatic carbocycles. The van der Waals surface area contributed by atoms with Crippen LogP contribution in [-0.2, 0) is 5.41 Å². The van der Waals surface area contributed by atoms with Crippen LogP contribution in [0.15, 0.2) is 151 Å². The lowest BCUT2D eigenvalue weighted by Crippen LogP contribution is -3.24. The third-order valence-corrected chi connectivity index (χ3v) is 10.4. The van der Waals surface area contributed by atoms with E-state index in [1.807, 2.05) is 0 Å². The topological polar surface area (TPSA) is 21.8 Å². The van der Waals surface area contributed by atoms with E-state index >= 15 is 0 Å². The number of hydrogen-bond acceptors (Lipinski definition) is 1. The van der Waals surface area contributed by atoms with Gasteiger partial charge in [-0.2, -0.15) is 0 Å². The Morgan fingerprint density at radius 3 is 1.95 bits per heavy atom. The predicted molar refractivity (Wildman–Crippen MR) is 179 cm³/mol. The Labute approximate surface area is 259 Å². The third-order valence-electron chi connectivity index (χ3n) is 10.4. The third kappa shape index (κ3) is 3.63. The number of hydrogen-bond donors (Lipinski definition) is 1. The Balaban J connectivity index is 1.28. The number of nitrogens with one attached hydrogen (secondary N) is 1. The van der Waals surface area contributed by atoms with E-state index in [2.05, 4.69) is 164 Å². The first-order valence-electron chi connectivity index (χ1n) is 15.8. The quantitative estimate of drug-likeness (QED) is 0.230. The molecule has 44 heavy (non-hydrogen) atoms. The first kappa shape index (κ1) is 25.8.